The van der Waals surface area contributed by atoms with Crippen molar-refractivity contribution in [3.63, 3.8) is 0 Å². The molecule has 1 heterocycles. The Kier molecular flexibility index (Phi) is 3.90. The monoisotopic (exact) mass is 288 g/mol. The molecule has 0 saturated carbocycles. The molecule has 0 aliphatic heterocycles. The topological polar surface area (TPSA) is 44.9 Å². The van der Waals surface area contributed by atoms with Crippen molar-refractivity contribution in [3.05, 3.63) is 68.6 Å². The van der Waals surface area contributed by atoms with Crippen molar-refractivity contribution in [2.24, 2.45) is 0 Å². The molecule has 3 rings (SSSR count). The van der Waals surface area contributed by atoms with Crippen LogP contribution in [-0.2, 0) is 19.4 Å². The summed E-state index contributed by atoms with van der Waals surface area (Å²) in [5.74, 6) is 0. The lowest BCUT2D eigenvalue weighted by molar-refractivity contribution is 0.456. The van der Waals surface area contributed by atoms with E-state index in [0.717, 1.165) is 29.8 Å². The maximum Gasteiger partial charge on any atom is 0.252 e. The maximum absolute atomic E-state index is 11.6. The van der Waals surface area contributed by atoms with Crippen LogP contribution in [0, 0.1) is 0 Å². The van der Waals surface area contributed by atoms with Gasteiger partial charge < -0.3 is 10.3 Å². The molecule has 3 nitrogen and oxygen atoms in total. The number of hydrogen-bond donors (Lipinski definition) is 2. The van der Waals surface area contributed by atoms with Crippen molar-refractivity contribution < 1.29 is 0 Å². The van der Waals surface area contributed by atoms with E-state index in [-0.39, 0.29) is 5.56 Å². The molecular weight excluding hydrogens is 272 g/mol. The van der Waals surface area contributed by atoms with Gasteiger partial charge in [-0.1, -0.05) is 29.8 Å². The van der Waals surface area contributed by atoms with E-state index in [1.165, 1.54) is 11.1 Å². The summed E-state index contributed by atoms with van der Waals surface area (Å²) >= 11 is 6.27. The number of benzene rings is 1. The van der Waals surface area contributed by atoms with Crippen LogP contribution in [0.15, 0.2) is 41.3 Å². The first-order valence-electron chi connectivity index (χ1n) is 6.90. The molecule has 2 N–H and O–H groups in total. The van der Waals surface area contributed by atoms with Crippen molar-refractivity contribution in [3.8, 4) is 0 Å². The van der Waals surface area contributed by atoms with Gasteiger partial charge >= 0.3 is 0 Å². The summed E-state index contributed by atoms with van der Waals surface area (Å²) in [6, 6.07) is 10.2. The van der Waals surface area contributed by atoms with Crippen LogP contribution in [0.3, 0.4) is 0 Å². The van der Waals surface area contributed by atoms with Gasteiger partial charge in [0, 0.05) is 29.4 Å². The highest BCUT2D eigenvalue weighted by molar-refractivity contribution is 6.31. The summed E-state index contributed by atoms with van der Waals surface area (Å²) in [6.45, 7) is 0.598. The second-order valence-electron chi connectivity index (χ2n) is 5.22. The quantitative estimate of drug-likeness (QED) is 0.912. The molecule has 0 amide bonds. The smallest absolute Gasteiger partial charge is 0.252 e. The number of aromatic nitrogens is 1. The van der Waals surface area contributed by atoms with Crippen molar-refractivity contribution in [1.29, 1.82) is 0 Å². The van der Waals surface area contributed by atoms with E-state index in [1.807, 2.05) is 24.3 Å². The van der Waals surface area contributed by atoms with E-state index in [2.05, 4.69) is 16.4 Å². The fraction of sp³-hybridized carbons (Fsp3) is 0.312. The molecule has 0 fully saturated rings. The van der Waals surface area contributed by atoms with Crippen molar-refractivity contribution >= 4 is 11.6 Å². The van der Waals surface area contributed by atoms with Gasteiger partial charge in [-0.15, -0.1) is 0 Å². The molecule has 1 aliphatic rings. The molecule has 104 valence electrons. The number of fused-ring (bicyclic) bond motifs is 1. The van der Waals surface area contributed by atoms with Crippen LogP contribution in [0.4, 0.5) is 0 Å². The van der Waals surface area contributed by atoms with E-state index < -0.39 is 0 Å². The van der Waals surface area contributed by atoms with Gasteiger partial charge in [0.15, 0.2) is 0 Å². The fourth-order valence-corrected chi connectivity index (χ4v) is 3.04. The summed E-state index contributed by atoms with van der Waals surface area (Å²) in [5, 5.41) is 4.32. The van der Waals surface area contributed by atoms with Gasteiger partial charge in [0.2, 0.25) is 0 Å². The molecule has 1 aliphatic carbocycles. The third-order valence-electron chi connectivity index (χ3n) is 3.91. The predicted octanol–water partition coefficient (Wildman–Crippen LogP) is 2.68. The van der Waals surface area contributed by atoms with Crippen LogP contribution >= 0.6 is 11.6 Å². The Labute approximate surface area is 123 Å². The Morgan fingerprint density at radius 3 is 3.05 bits per heavy atom. The zero-order chi connectivity index (χ0) is 13.9. The van der Waals surface area contributed by atoms with E-state index >= 15 is 0 Å². The highest BCUT2D eigenvalue weighted by Gasteiger charge is 2.20. The summed E-state index contributed by atoms with van der Waals surface area (Å²) in [4.78, 5) is 14.3. The lowest BCUT2D eigenvalue weighted by atomic mass is 9.88. The first kappa shape index (κ1) is 13.4. The molecule has 1 aromatic carbocycles. The second kappa shape index (κ2) is 5.81. The number of aromatic amines is 1. The molecule has 1 unspecified atom stereocenters. The van der Waals surface area contributed by atoms with Crippen LogP contribution in [0.25, 0.3) is 0 Å². The Balaban J connectivity index is 1.68. The van der Waals surface area contributed by atoms with Crippen molar-refractivity contribution in [2.75, 3.05) is 0 Å². The zero-order valence-electron chi connectivity index (χ0n) is 11.2. The third-order valence-corrected chi connectivity index (χ3v) is 4.26. The molecule has 4 heteroatoms. The number of aryl methyl sites for hydroxylation is 1. The largest absolute Gasteiger partial charge is 0.329 e. The molecule has 0 spiro atoms. The van der Waals surface area contributed by atoms with Crippen LogP contribution in [0.1, 0.15) is 23.1 Å². The fourth-order valence-electron chi connectivity index (χ4n) is 2.77. The Morgan fingerprint density at radius 1 is 1.30 bits per heavy atom. The number of nitrogens with one attached hydrogen (secondary N) is 2. The molecule has 0 bridgehead atoms. The van der Waals surface area contributed by atoms with Crippen LogP contribution in [0.2, 0.25) is 5.02 Å². The molecule has 0 saturated heterocycles. The summed E-state index contributed by atoms with van der Waals surface area (Å²) in [7, 11) is 0. The van der Waals surface area contributed by atoms with Gasteiger partial charge in [0.1, 0.15) is 0 Å². The number of pyridine rings is 1. The van der Waals surface area contributed by atoms with Gasteiger partial charge in [-0.05, 0) is 42.5 Å². The van der Waals surface area contributed by atoms with E-state index in [4.69, 9.17) is 11.6 Å². The van der Waals surface area contributed by atoms with E-state index in [1.54, 1.807) is 6.20 Å². The zero-order valence-corrected chi connectivity index (χ0v) is 11.9. The van der Waals surface area contributed by atoms with Gasteiger partial charge in [0.05, 0.1) is 0 Å². The summed E-state index contributed by atoms with van der Waals surface area (Å²) in [6.07, 6.45) is 4.71. The standard InChI is InChI=1S/C16H17ClN2O/c17-15-5-1-3-11-6-7-13(9-14(11)15)19-10-12-4-2-8-18-16(12)20/h1-5,8,13,19H,6-7,9-10H2,(H,18,20). The average Bonchev–Trinajstić information content (AvgIpc) is 2.47. The molecule has 2 aromatic rings. The molecule has 1 aromatic heterocycles. The average molecular weight is 289 g/mol. The molecule has 20 heavy (non-hydrogen) atoms. The van der Waals surface area contributed by atoms with Crippen molar-refractivity contribution in [1.82, 2.24) is 10.3 Å². The maximum atomic E-state index is 11.6. The molecule has 1 atom stereocenters. The number of H-pyrrole nitrogens is 1. The minimum Gasteiger partial charge on any atom is -0.329 e. The SMILES string of the molecule is O=c1[nH]cccc1CNC1CCc2cccc(Cl)c2C1. The lowest BCUT2D eigenvalue weighted by Gasteiger charge is -2.26. The van der Waals surface area contributed by atoms with Gasteiger partial charge in [-0.3, -0.25) is 4.79 Å². The number of rotatable bonds is 3. The minimum atomic E-state index is -0.0192. The van der Waals surface area contributed by atoms with Crippen LogP contribution < -0.4 is 10.9 Å². The first-order chi connectivity index (χ1) is 9.74. The Bertz CT molecular complexity index is 666. The van der Waals surface area contributed by atoms with E-state index in [0.29, 0.717) is 12.6 Å². The van der Waals surface area contributed by atoms with Crippen LogP contribution in [-0.4, -0.2) is 11.0 Å². The lowest BCUT2D eigenvalue weighted by Crippen LogP contribution is -2.35. The number of hydrogen-bond acceptors (Lipinski definition) is 2. The third kappa shape index (κ3) is 2.79. The van der Waals surface area contributed by atoms with Gasteiger partial charge in [-0.25, -0.2) is 0 Å². The van der Waals surface area contributed by atoms with Gasteiger partial charge in [-0.2, -0.15) is 0 Å². The minimum absolute atomic E-state index is 0.0192. The van der Waals surface area contributed by atoms with E-state index in [9.17, 15) is 4.79 Å². The highest BCUT2D eigenvalue weighted by Crippen LogP contribution is 2.27. The normalized spacial score (nSPS) is 17.8. The Morgan fingerprint density at radius 2 is 2.20 bits per heavy atom. The predicted molar refractivity (Wildman–Crippen MR) is 81.2 cm³/mol. The summed E-state index contributed by atoms with van der Waals surface area (Å²) < 4.78 is 0. The first-order valence-corrected chi connectivity index (χ1v) is 7.28. The molecule has 0 radical (unpaired) electrons. The van der Waals surface area contributed by atoms with Crippen LogP contribution in [0.5, 0.6) is 0 Å². The second-order valence-corrected chi connectivity index (χ2v) is 5.63. The summed E-state index contributed by atoms with van der Waals surface area (Å²) in [5.41, 5.74) is 3.36. The number of halogens is 1. The Hall–Kier alpha value is -1.58. The molecular formula is C16H17ClN2O. The van der Waals surface area contributed by atoms with Gasteiger partial charge in [0.25, 0.3) is 5.56 Å². The highest BCUT2D eigenvalue weighted by atomic mass is 35.5. The van der Waals surface area contributed by atoms with Crippen molar-refractivity contribution in [2.45, 2.75) is 31.8 Å².